The molecular formula is C23H27FN2O5. The number of aromatic carboxylic acids is 1. The zero-order chi connectivity index (χ0) is 21.8. The van der Waals surface area contributed by atoms with Crippen molar-refractivity contribution in [3.8, 4) is 17.2 Å². The molecule has 31 heavy (non-hydrogen) atoms. The summed E-state index contributed by atoms with van der Waals surface area (Å²) < 4.78 is 24.4. The highest BCUT2D eigenvalue weighted by Crippen LogP contribution is 2.39. The first-order valence-corrected chi connectivity index (χ1v) is 10.5. The zero-order valence-corrected chi connectivity index (χ0v) is 17.5. The summed E-state index contributed by atoms with van der Waals surface area (Å²) in [5, 5.41) is 9.07. The van der Waals surface area contributed by atoms with Gasteiger partial charge in [-0.05, 0) is 62.5 Å². The molecule has 2 heterocycles. The summed E-state index contributed by atoms with van der Waals surface area (Å²) >= 11 is 0. The number of benzene rings is 2. The van der Waals surface area contributed by atoms with Crippen molar-refractivity contribution in [1.29, 1.82) is 0 Å². The van der Waals surface area contributed by atoms with Crippen LogP contribution in [0.1, 0.15) is 41.2 Å². The minimum Gasteiger partial charge on any atom is -0.493 e. The smallest absolute Gasteiger partial charge is 0.335 e. The van der Waals surface area contributed by atoms with Crippen LogP contribution in [0.25, 0.3) is 0 Å². The van der Waals surface area contributed by atoms with Gasteiger partial charge < -0.3 is 24.3 Å². The number of hydroxylamine groups is 1. The van der Waals surface area contributed by atoms with Gasteiger partial charge in [-0.1, -0.05) is 6.07 Å². The monoisotopic (exact) mass is 430 g/mol. The fraction of sp³-hybridized carbons (Fsp3) is 0.435. The van der Waals surface area contributed by atoms with Gasteiger partial charge in [0.15, 0.2) is 17.2 Å². The normalized spacial score (nSPS) is 19.0. The summed E-state index contributed by atoms with van der Waals surface area (Å²) in [6, 6.07) is 9.46. The van der Waals surface area contributed by atoms with Gasteiger partial charge in [0.2, 0.25) is 0 Å². The Kier molecular flexibility index (Phi) is 6.58. The molecule has 2 aliphatic heterocycles. The van der Waals surface area contributed by atoms with E-state index in [0.29, 0.717) is 29.8 Å². The van der Waals surface area contributed by atoms with Crippen LogP contribution in [0.5, 0.6) is 17.2 Å². The van der Waals surface area contributed by atoms with Crippen LogP contribution in [0.3, 0.4) is 0 Å². The van der Waals surface area contributed by atoms with Gasteiger partial charge in [-0.15, -0.1) is 5.48 Å². The van der Waals surface area contributed by atoms with E-state index in [1.807, 2.05) is 6.07 Å². The minimum absolute atomic E-state index is 0.113. The molecular weight excluding hydrogens is 403 g/mol. The number of methoxy groups -OCH3 is 1. The Bertz CT molecular complexity index is 930. The third kappa shape index (κ3) is 4.91. The number of likely N-dealkylation sites (tertiary alicyclic amines) is 1. The van der Waals surface area contributed by atoms with E-state index in [0.717, 1.165) is 44.5 Å². The predicted molar refractivity (Wildman–Crippen MR) is 112 cm³/mol. The van der Waals surface area contributed by atoms with Crippen LogP contribution in [0, 0.1) is 11.7 Å². The maximum absolute atomic E-state index is 13.4. The molecule has 2 aromatic carbocycles. The Morgan fingerprint density at radius 2 is 2.03 bits per heavy atom. The highest BCUT2D eigenvalue weighted by Gasteiger charge is 2.33. The maximum Gasteiger partial charge on any atom is 0.335 e. The van der Waals surface area contributed by atoms with Crippen LogP contribution in [0.4, 0.5) is 4.39 Å². The molecule has 0 aromatic heterocycles. The zero-order valence-electron chi connectivity index (χ0n) is 17.5. The Hall–Kier alpha value is -2.84. The number of nitrogens with zero attached hydrogens (tertiary/aromatic N) is 1. The average Bonchev–Trinajstić information content (AvgIpc) is 3.20. The van der Waals surface area contributed by atoms with E-state index in [-0.39, 0.29) is 17.4 Å². The molecule has 2 N–H and O–H groups in total. The molecule has 1 atom stereocenters. The number of carboxylic acids is 1. The number of fused-ring (bicyclic) bond motifs is 1. The van der Waals surface area contributed by atoms with Crippen molar-refractivity contribution in [3.05, 3.63) is 53.3 Å². The summed E-state index contributed by atoms with van der Waals surface area (Å²) in [5.41, 5.74) is 4.28. The number of carbonyl (C=O) groups is 1. The number of piperidine rings is 1. The van der Waals surface area contributed by atoms with Crippen LogP contribution in [-0.2, 0) is 0 Å². The third-order valence-corrected chi connectivity index (χ3v) is 6.00. The Balaban J connectivity index is 1.21. The fourth-order valence-electron chi connectivity index (χ4n) is 4.29. The fourth-order valence-corrected chi connectivity index (χ4v) is 4.29. The van der Waals surface area contributed by atoms with Crippen LogP contribution < -0.4 is 19.8 Å². The molecule has 1 fully saturated rings. The Morgan fingerprint density at radius 1 is 1.23 bits per heavy atom. The van der Waals surface area contributed by atoms with E-state index >= 15 is 0 Å². The van der Waals surface area contributed by atoms with Gasteiger partial charge in [0, 0.05) is 18.2 Å². The van der Waals surface area contributed by atoms with Crippen molar-refractivity contribution in [1.82, 2.24) is 10.4 Å². The number of hydrogen-bond acceptors (Lipinski definition) is 6. The molecule has 0 unspecified atom stereocenters. The molecule has 8 heteroatoms. The molecule has 0 aliphatic carbocycles. The molecule has 0 saturated carbocycles. The maximum atomic E-state index is 13.4. The first-order chi connectivity index (χ1) is 15.0. The van der Waals surface area contributed by atoms with Gasteiger partial charge in [-0.2, -0.15) is 0 Å². The van der Waals surface area contributed by atoms with Crippen molar-refractivity contribution in [3.63, 3.8) is 0 Å². The van der Waals surface area contributed by atoms with E-state index < -0.39 is 5.97 Å². The predicted octanol–water partition coefficient (Wildman–Crippen LogP) is 3.65. The Labute approximate surface area is 180 Å². The largest absolute Gasteiger partial charge is 0.493 e. The summed E-state index contributed by atoms with van der Waals surface area (Å²) in [5.74, 6) is 0.741. The van der Waals surface area contributed by atoms with Gasteiger partial charge in [0.1, 0.15) is 5.82 Å². The van der Waals surface area contributed by atoms with Gasteiger partial charge in [-0.3, -0.25) is 0 Å². The van der Waals surface area contributed by atoms with Crippen molar-refractivity contribution >= 4 is 5.97 Å². The summed E-state index contributed by atoms with van der Waals surface area (Å²) in [6.45, 7) is 3.45. The second-order valence-electron chi connectivity index (χ2n) is 7.93. The standard InChI is InChI=1S/C23H27FN2O5/c1-29-21-13-16(23(27)28)3-6-19(21)30-12-2-9-26-10-7-15(8-11-26)22-18-5-4-17(24)14-20(18)31-25-22/h3-6,13-15,22,25H,2,7-12H2,1H3,(H,27,28)/t22-/m0/s1. The van der Waals surface area contributed by atoms with Crippen molar-refractivity contribution in [2.75, 3.05) is 33.4 Å². The van der Waals surface area contributed by atoms with Crippen molar-refractivity contribution in [2.45, 2.75) is 25.3 Å². The number of nitrogens with one attached hydrogen (secondary N) is 1. The molecule has 0 bridgehead atoms. The molecule has 2 aromatic rings. The quantitative estimate of drug-likeness (QED) is 0.619. The lowest BCUT2D eigenvalue weighted by atomic mass is 9.86. The van der Waals surface area contributed by atoms with Gasteiger partial charge in [-0.25, -0.2) is 9.18 Å². The molecule has 0 spiro atoms. The molecule has 0 radical (unpaired) electrons. The van der Waals surface area contributed by atoms with Crippen LogP contribution in [0.15, 0.2) is 36.4 Å². The summed E-state index contributed by atoms with van der Waals surface area (Å²) in [6.07, 6.45) is 2.95. The average molecular weight is 430 g/mol. The van der Waals surface area contributed by atoms with Crippen LogP contribution >= 0.6 is 0 Å². The molecule has 7 nitrogen and oxygen atoms in total. The SMILES string of the molecule is COc1cc(C(=O)O)ccc1OCCCN1CCC([C@@H]2NOc3cc(F)ccc32)CC1. The van der Waals surface area contributed by atoms with E-state index in [1.54, 1.807) is 6.07 Å². The van der Waals surface area contributed by atoms with E-state index in [1.165, 1.54) is 31.4 Å². The highest BCUT2D eigenvalue weighted by atomic mass is 19.1. The van der Waals surface area contributed by atoms with Crippen molar-refractivity contribution in [2.24, 2.45) is 5.92 Å². The number of rotatable bonds is 8. The van der Waals surface area contributed by atoms with E-state index in [2.05, 4.69) is 10.4 Å². The van der Waals surface area contributed by atoms with E-state index in [4.69, 9.17) is 19.4 Å². The molecule has 2 aliphatic rings. The topological polar surface area (TPSA) is 80.3 Å². The molecule has 4 rings (SSSR count). The number of ether oxygens (including phenoxy) is 2. The number of halogens is 1. The second kappa shape index (κ2) is 9.53. The summed E-state index contributed by atoms with van der Waals surface area (Å²) in [7, 11) is 1.50. The van der Waals surface area contributed by atoms with Gasteiger partial charge >= 0.3 is 5.97 Å². The van der Waals surface area contributed by atoms with E-state index in [9.17, 15) is 9.18 Å². The van der Waals surface area contributed by atoms with Gasteiger partial charge in [0.05, 0.1) is 25.3 Å². The highest BCUT2D eigenvalue weighted by molar-refractivity contribution is 5.88. The lowest BCUT2D eigenvalue weighted by molar-refractivity contribution is 0.0696. The minimum atomic E-state index is -0.997. The first kappa shape index (κ1) is 21.4. The molecule has 1 saturated heterocycles. The molecule has 166 valence electrons. The van der Waals surface area contributed by atoms with Crippen LogP contribution in [0.2, 0.25) is 0 Å². The lowest BCUT2D eigenvalue weighted by Gasteiger charge is -2.34. The third-order valence-electron chi connectivity index (χ3n) is 6.00. The Morgan fingerprint density at radius 3 is 2.77 bits per heavy atom. The number of carboxylic acid groups (broad SMARTS) is 1. The second-order valence-corrected chi connectivity index (χ2v) is 7.93. The van der Waals surface area contributed by atoms with Gasteiger partial charge in [0.25, 0.3) is 0 Å². The van der Waals surface area contributed by atoms with Crippen LogP contribution in [-0.4, -0.2) is 49.3 Å². The lowest BCUT2D eigenvalue weighted by Crippen LogP contribution is -2.38. The molecule has 0 amide bonds. The summed E-state index contributed by atoms with van der Waals surface area (Å²) in [4.78, 5) is 19.0. The number of hydrogen-bond donors (Lipinski definition) is 2. The van der Waals surface area contributed by atoms with Crippen molar-refractivity contribution < 1.29 is 28.6 Å². The first-order valence-electron chi connectivity index (χ1n) is 10.5.